The fourth-order valence-electron chi connectivity index (χ4n) is 0.757. The van der Waals surface area contributed by atoms with Gasteiger partial charge < -0.3 is 0 Å². The van der Waals surface area contributed by atoms with Gasteiger partial charge in [-0.25, -0.2) is 4.39 Å². The highest BCUT2D eigenvalue weighted by Gasteiger charge is 2.07. The van der Waals surface area contributed by atoms with Crippen molar-refractivity contribution in [1.82, 2.24) is 0 Å². The molecular weight excluding hydrogens is 245 g/mol. The Kier molecular flexibility index (Phi) is 3.02. The molecule has 0 radical (unpaired) electrons. The quantitative estimate of drug-likeness (QED) is 0.619. The first-order valence-electron chi connectivity index (χ1n) is 3.03. The highest BCUT2D eigenvalue weighted by atomic mass is 79.9. The molecule has 0 saturated carbocycles. The minimum Gasteiger partial charge on any atom is -0.205 e. The van der Waals surface area contributed by atoms with E-state index in [4.69, 9.17) is 0 Å². The number of benzene rings is 1. The number of hydrogen-bond donors (Lipinski definition) is 0. The van der Waals surface area contributed by atoms with Crippen LogP contribution < -0.4 is 10.6 Å². The SMILES string of the molecule is Cc1c(P)cc(P)c(Br)c1F. The molecule has 4 heteroatoms. The van der Waals surface area contributed by atoms with Gasteiger partial charge in [0.15, 0.2) is 0 Å². The van der Waals surface area contributed by atoms with Gasteiger partial charge in [-0.15, -0.1) is 18.5 Å². The zero-order chi connectivity index (χ0) is 8.59. The lowest BCUT2D eigenvalue weighted by atomic mass is 10.2. The summed E-state index contributed by atoms with van der Waals surface area (Å²) in [5, 5.41) is 1.74. The Labute approximate surface area is 78.5 Å². The summed E-state index contributed by atoms with van der Waals surface area (Å²) in [6.07, 6.45) is 0. The molecule has 0 aliphatic heterocycles. The fourth-order valence-corrected chi connectivity index (χ4v) is 1.97. The van der Waals surface area contributed by atoms with Crippen LogP contribution in [0.2, 0.25) is 0 Å². The normalized spacial score (nSPS) is 10.3. The van der Waals surface area contributed by atoms with Crippen molar-refractivity contribution in [3.05, 3.63) is 21.9 Å². The van der Waals surface area contributed by atoms with E-state index in [2.05, 4.69) is 34.4 Å². The van der Waals surface area contributed by atoms with Crippen molar-refractivity contribution >= 4 is 45.0 Å². The van der Waals surface area contributed by atoms with Crippen molar-refractivity contribution in [3.8, 4) is 0 Å². The molecule has 1 aromatic rings. The van der Waals surface area contributed by atoms with E-state index in [1.165, 1.54) is 0 Å². The second-order valence-corrected chi connectivity index (χ2v) is 4.35. The lowest BCUT2D eigenvalue weighted by Crippen LogP contribution is -2.09. The third-order valence-corrected chi connectivity index (χ3v) is 3.80. The molecule has 0 N–H and O–H groups in total. The van der Waals surface area contributed by atoms with E-state index < -0.39 is 0 Å². The van der Waals surface area contributed by atoms with Gasteiger partial charge in [-0.2, -0.15) is 0 Å². The molecule has 2 unspecified atom stereocenters. The molecule has 0 spiro atoms. The number of hydrogen-bond acceptors (Lipinski definition) is 0. The Morgan fingerprint density at radius 2 is 1.91 bits per heavy atom. The van der Waals surface area contributed by atoms with Gasteiger partial charge in [0.25, 0.3) is 0 Å². The van der Waals surface area contributed by atoms with Crippen molar-refractivity contribution in [1.29, 1.82) is 0 Å². The first-order chi connectivity index (χ1) is 5.04. The monoisotopic (exact) mass is 252 g/mol. The Hall–Kier alpha value is 0.490. The van der Waals surface area contributed by atoms with Crippen molar-refractivity contribution in [2.24, 2.45) is 0 Å². The van der Waals surface area contributed by atoms with E-state index in [9.17, 15) is 4.39 Å². The fraction of sp³-hybridized carbons (Fsp3) is 0.143. The van der Waals surface area contributed by atoms with Crippen LogP contribution in [-0.2, 0) is 0 Å². The zero-order valence-corrected chi connectivity index (χ0v) is 9.88. The van der Waals surface area contributed by atoms with Gasteiger partial charge >= 0.3 is 0 Å². The van der Waals surface area contributed by atoms with Gasteiger partial charge in [0.05, 0.1) is 4.47 Å². The van der Waals surface area contributed by atoms with Crippen LogP contribution >= 0.6 is 34.4 Å². The standard InChI is InChI=1S/C7H8BrFP2/c1-3-4(10)2-5(11)6(8)7(3)9/h2H,10-11H2,1H3. The second-order valence-electron chi connectivity index (χ2n) is 2.31. The summed E-state index contributed by atoms with van der Waals surface area (Å²) in [6, 6.07) is 1.90. The first-order valence-corrected chi connectivity index (χ1v) is 4.98. The molecule has 0 saturated heterocycles. The van der Waals surface area contributed by atoms with Gasteiger partial charge in [-0.05, 0) is 45.1 Å². The minimum absolute atomic E-state index is 0.178. The van der Waals surface area contributed by atoms with Crippen LogP contribution in [0.4, 0.5) is 4.39 Å². The molecule has 0 amide bonds. The maximum Gasteiger partial charge on any atom is 0.141 e. The first kappa shape index (κ1) is 9.58. The van der Waals surface area contributed by atoms with Crippen LogP contribution in [-0.4, -0.2) is 0 Å². The highest BCUT2D eigenvalue weighted by molar-refractivity contribution is 9.10. The van der Waals surface area contributed by atoms with Crippen LogP contribution in [0.1, 0.15) is 5.56 Å². The van der Waals surface area contributed by atoms with Crippen molar-refractivity contribution in [3.63, 3.8) is 0 Å². The van der Waals surface area contributed by atoms with Crippen molar-refractivity contribution < 1.29 is 4.39 Å². The lowest BCUT2D eigenvalue weighted by Gasteiger charge is -2.05. The summed E-state index contributed by atoms with van der Waals surface area (Å²) < 4.78 is 13.7. The molecule has 0 aliphatic carbocycles. The van der Waals surface area contributed by atoms with Crippen LogP contribution in [0.25, 0.3) is 0 Å². The molecule has 0 heterocycles. The predicted molar refractivity (Wildman–Crippen MR) is 57.5 cm³/mol. The third kappa shape index (κ3) is 1.80. The van der Waals surface area contributed by atoms with E-state index in [1.54, 1.807) is 6.92 Å². The molecule has 1 aromatic carbocycles. The zero-order valence-electron chi connectivity index (χ0n) is 5.99. The second kappa shape index (κ2) is 3.47. The topological polar surface area (TPSA) is 0 Å². The van der Waals surface area contributed by atoms with Crippen LogP contribution in [0.3, 0.4) is 0 Å². The van der Waals surface area contributed by atoms with E-state index in [0.717, 1.165) is 10.6 Å². The smallest absolute Gasteiger partial charge is 0.141 e. The molecule has 2 atom stereocenters. The molecular formula is C7H8BrFP2. The van der Waals surface area contributed by atoms with E-state index in [1.807, 2.05) is 6.07 Å². The Balaban J connectivity index is 3.46. The van der Waals surface area contributed by atoms with E-state index in [0.29, 0.717) is 10.0 Å². The van der Waals surface area contributed by atoms with Crippen molar-refractivity contribution in [2.75, 3.05) is 0 Å². The summed E-state index contributed by atoms with van der Waals surface area (Å²) in [5.74, 6) is -0.178. The van der Waals surface area contributed by atoms with Crippen LogP contribution in [0.5, 0.6) is 0 Å². The van der Waals surface area contributed by atoms with E-state index >= 15 is 0 Å². The van der Waals surface area contributed by atoms with Gasteiger partial charge in [-0.1, -0.05) is 0 Å². The average molecular weight is 253 g/mol. The van der Waals surface area contributed by atoms with Crippen LogP contribution in [0, 0.1) is 12.7 Å². The molecule has 0 nitrogen and oxygen atoms in total. The molecule has 0 aromatic heterocycles. The third-order valence-electron chi connectivity index (χ3n) is 1.52. The minimum atomic E-state index is -0.178. The summed E-state index contributed by atoms with van der Waals surface area (Å²) >= 11 is 3.16. The lowest BCUT2D eigenvalue weighted by molar-refractivity contribution is 0.615. The largest absolute Gasteiger partial charge is 0.205 e. The van der Waals surface area contributed by atoms with Crippen LogP contribution in [0.15, 0.2) is 10.5 Å². The summed E-state index contributed by atoms with van der Waals surface area (Å²) in [5.41, 5.74) is 0.674. The summed E-state index contributed by atoms with van der Waals surface area (Å²) in [4.78, 5) is 0. The Bertz CT molecular complexity index is 273. The van der Waals surface area contributed by atoms with Gasteiger partial charge in [0.1, 0.15) is 5.82 Å². The summed E-state index contributed by atoms with van der Waals surface area (Å²) in [6.45, 7) is 1.76. The summed E-state index contributed by atoms with van der Waals surface area (Å²) in [7, 11) is 4.98. The Morgan fingerprint density at radius 1 is 1.36 bits per heavy atom. The molecule has 60 valence electrons. The predicted octanol–water partition coefficient (Wildman–Crippen LogP) is 1.90. The van der Waals surface area contributed by atoms with Gasteiger partial charge in [-0.3, -0.25) is 0 Å². The maximum atomic E-state index is 13.2. The number of rotatable bonds is 0. The van der Waals surface area contributed by atoms with Crippen molar-refractivity contribution in [2.45, 2.75) is 6.92 Å². The molecule has 0 aliphatic rings. The number of halogens is 2. The molecule has 1 rings (SSSR count). The molecule has 11 heavy (non-hydrogen) atoms. The molecule has 0 fully saturated rings. The Morgan fingerprint density at radius 3 is 2.45 bits per heavy atom. The molecule has 0 bridgehead atoms. The van der Waals surface area contributed by atoms with E-state index in [-0.39, 0.29) is 5.82 Å². The average Bonchev–Trinajstić information content (AvgIpc) is 1.97. The highest BCUT2D eigenvalue weighted by Crippen LogP contribution is 2.17. The maximum absolute atomic E-state index is 13.2. The van der Waals surface area contributed by atoms with Gasteiger partial charge in [0.2, 0.25) is 0 Å². The van der Waals surface area contributed by atoms with Gasteiger partial charge in [0, 0.05) is 0 Å².